The molecule has 0 spiro atoms. The predicted molar refractivity (Wildman–Crippen MR) is 104 cm³/mol. The summed E-state index contributed by atoms with van der Waals surface area (Å²) < 4.78 is 0. The number of rotatable bonds is 7. The van der Waals surface area contributed by atoms with E-state index in [4.69, 9.17) is 23.8 Å². The van der Waals surface area contributed by atoms with Crippen LogP contribution in [-0.2, 0) is 17.6 Å². The molecule has 126 valence electrons. The number of nitrogens with one attached hydrogen (secondary N) is 2. The van der Waals surface area contributed by atoms with Gasteiger partial charge in [0.15, 0.2) is 0 Å². The van der Waals surface area contributed by atoms with Gasteiger partial charge in [0.25, 0.3) is 0 Å². The summed E-state index contributed by atoms with van der Waals surface area (Å²) in [4.78, 5) is 13.0. The molecule has 0 radical (unpaired) electrons. The van der Waals surface area contributed by atoms with Crippen LogP contribution in [0.3, 0.4) is 0 Å². The monoisotopic (exact) mass is 360 g/mol. The summed E-state index contributed by atoms with van der Waals surface area (Å²) in [6.45, 7) is 2.50. The first kappa shape index (κ1) is 18.4. The van der Waals surface area contributed by atoms with Gasteiger partial charge in [0.1, 0.15) is 6.04 Å². The first-order chi connectivity index (χ1) is 11.6. The van der Waals surface area contributed by atoms with Crippen molar-refractivity contribution in [3.8, 4) is 0 Å². The van der Waals surface area contributed by atoms with Gasteiger partial charge in [0.2, 0.25) is 5.91 Å². The Kier molecular flexibility index (Phi) is 7.22. The second-order valence-corrected chi connectivity index (χ2v) is 6.44. The van der Waals surface area contributed by atoms with Crippen LogP contribution in [0.15, 0.2) is 54.6 Å². The highest BCUT2D eigenvalue weighted by Gasteiger charge is 2.19. The van der Waals surface area contributed by atoms with Gasteiger partial charge in [0.05, 0.1) is 4.99 Å². The van der Waals surface area contributed by atoms with E-state index in [1.54, 1.807) is 0 Å². The van der Waals surface area contributed by atoms with E-state index < -0.39 is 0 Å². The number of benzene rings is 2. The van der Waals surface area contributed by atoms with Crippen LogP contribution in [-0.4, -0.2) is 23.5 Å². The Balaban J connectivity index is 2.02. The molecule has 2 N–H and O–H groups in total. The first-order valence-electron chi connectivity index (χ1n) is 7.94. The number of carbonyl (C=O) groups is 1. The molecule has 1 amide bonds. The van der Waals surface area contributed by atoms with Gasteiger partial charge >= 0.3 is 0 Å². The smallest absolute Gasteiger partial charge is 0.242 e. The minimum Gasteiger partial charge on any atom is -0.368 e. The summed E-state index contributed by atoms with van der Waals surface area (Å²) in [6, 6.07) is 17.1. The number of hydrogen-bond acceptors (Lipinski definition) is 2. The molecule has 0 aliphatic rings. The van der Waals surface area contributed by atoms with Crippen LogP contribution < -0.4 is 10.6 Å². The standard InChI is InChI=1S/C19H21ClN2OS/c1-2-21-19(23)17(12-14-6-4-3-5-7-14)22-18(24)13-15-8-10-16(20)11-9-15/h3-11,17H,2,12-13H2,1H3,(H,21,23)(H,22,24)/t17-/m0/s1. The van der Waals surface area contributed by atoms with Crippen molar-refractivity contribution in [1.82, 2.24) is 10.6 Å². The van der Waals surface area contributed by atoms with Crippen molar-refractivity contribution in [1.29, 1.82) is 0 Å². The average Bonchev–Trinajstić information content (AvgIpc) is 2.57. The van der Waals surface area contributed by atoms with Gasteiger partial charge < -0.3 is 10.6 Å². The van der Waals surface area contributed by atoms with Crippen LogP contribution in [0.1, 0.15) is 18.1 Å². The second kappa shape index (κ2) is 9.40. The minimum absolute atomic E-state index is 0.0418. The van der Waals surface area contributed by atoms with Crippen LogP contribution in [0, 0.1) is 0 Å². The number of carbonyl (C=O) groups excluding carboxylic acids is 1. The fourth-order valence-electron chi connectivity index (χ4n) is 2.39. The van der Waals surface area contributed by atoms with Crippen molar-refractivity contribution in [2.75, 3.05) is 6.54 Å². The number of hydrogen-bond donors (Lipinski definition) is 2. The Bertz CT molecular complexity index is 674. The fraction of sp³-hybridized carbons (Fsp3) is 0.263. The van der Waals surface area contributed by atoms with E-state index >= 15 is 0 Å². The zero-order valence-electron chi connectivity index (χ0n) is 13.6. The lowest BCUT2D eigenvalue weighted by atomic mass is 10.0. The summed E-state index contributed by atoms with van der Waals surface area (Å²) in [7, 11) is 0. The molecule has 0 saturated heterocycles. The summed E-state index contributed by atoms with van der Waals surface area (Å²) >= 11 is 11.3. The molecule has 0 fully saturated rings. The lowest BCUT2D eigenvalue weighted by molar-refractivity contribution is -0.122. The Hall–Kier alpha value is -1.91. The molecule has 0 aliphatic heterocycles. The van der Waals surface area contributed by atoms with Crippen LogP contribution in [0.5, 0.6) is 0 Å². The third-order valence-electron chi connectivity index (χ3n) is 3.56. The number of thiocarbonyl (C=S) groups is 1. The Morgan fingerprint density at radius 2 is 1.75 bits per heavy atom. The van der Waals surface area contributed by atoms with Crippen molar-refractivity contribution in [3.63, 3.8) is 0 Å². The van der Waals surface area contributed by atoms with E-state index in [1.165, 1.54) is 0 Å². The SMILES string of the molecule is CCNC(=O)[C@H](Cc1ccccc1)NC(=S)Cc1ccc(Cl)cc1. The Morgan fingerprint density at radius 1 is 1.08 bits per heavy atom. The van der Waals surface area contributed by atoms with Gasteiger partial charge in [-0.2, -0.15) is 0 Å². The molecule has 5 heteroatoms. The molecule has 2 aromatic rings. The molecule has 2 rings (SSSR count). The van der Waals surface area contributed by atoms with E-state index in [-0.39, 0.29) is 11.9 Å². The fourth-order valence-corrected chi connectivity index (χ4v) is 2.82. The third kappa shape index (κ3) is 5.95. The van der Waals surface area contributed by atoms with Gasteiger partial charge in [-0.15, -0.1) is 0 Å². The zero-order valence-corrected chi connectivity index (χ0v) is 15.2. The highest BCUT2D eigenvalue weighted by atomic mass is 35.5. The molecule has 0 heterocycles. The number of amides is 1. The zero-order chi connectivity index (χ0) is 17.4. The maximum atomic E-state index is 12.3. The molecule has 2 aromatic carbocycles. The maximum absolute atomic E-state index is 12.3. The van der Waals surface area contributed by atoms with E-state index in [0.717, 1.165) is 11.1 Å². The Labute approximate surface area is 153 Å². The number of likely N-dealkylation sites (N-methyl/N-ethyl adjacent to an activating group) is 1. The summed E-state index contributed by atoms with van der Waals surface area (Å²) in [5.41, 5.74) is 2.15. The molecule has 0 aliphatic carbocycles. The first-order valence-corrected chi connectivity index (χ1v) is 8.72. The molecule has 24 heavy (non-hydrogen) atoms. The normalized spacial score (nSPS) is 11.6. The van der Waals surface area contributed by atoms with Gasteiger partial charge in [-0.25, -0.2) is 0 Å². The molecular formula is C19H21ClN2OS. The van der Waals surface area contributed by atoms with E-state index in [9.17, 15) is 4.79 Å². The molecular weight excluding hydrogens is 340 g/mol. The van der Waals surface area contributed by atoms with E-state index in [1.807, 2.05) is 61.5 Å². The third-order valence-corrected chi connectivity index (χ3v) is 4.08. The molecule has 1 atom stereocenters. The molecule has 0 saturated carbocycles. The molecule has 0 bridgehead atoms. The lowest BCUT2D eigenvalue weighted by Gasteiger charge is -2.20. The van der Waals surface area contributed by atoms with Crippen LogP contribution in [0.25, 0.3) is 0 Å². The molecule has 3 nitrogen and oxygen atoms in total. The van der Waals surface area contributed by atoms with Crippen molar-refractivity contribution in [2.45, 2.75) is 25.8 Å². The van der Waals surface area contributed by atoms with E-state index in [2.05, 4.69) is 10.6 Å². The summed E-state index contributed by atoms with van der Waals surface area (Å²) in [5, 5.41) is 6.76. The number of halogens is 1. The molecule has 0 aromatic heterocycles. The Morgan fingerprint density at radius 3 is 2.38 bits per heavy atom. The van der Waals surface area contributed by atoms with Gasteiger partial charge in [-0.3, -0.25) is 4.79 Å². The molecule has 0 unspecified atom stereocenters. The van der Waals surface area contributed by atoms with Crippen molar-refractivity contribution < 1.29 is 4.79 Å². The largest absolute Gasteiger partial charge is 0.368 e. The predicted octanol–water partition coefficient (Wildman–Crippen LogP) is 3.55. The topological polar surface area (TPSA) is 41.1 Å². The summed E-state index contributed by atoms with van der Waals surface area (Å²) in [5.74, 6) is -0.0418. The maximum Gasteiger partial charge on any atom is 0.242 e. The lowest BCUT2D eigenvalue weighted by Crippen LogP contribution is -2.47. The highest BCUT2D eigenvalue weighted by molar-refractivity contribution is 7.80. The van der Waals surface area contributed by atoms with Gasteiger partial charge in [-0.1, -0.05) is 66.3 Å². The summed E-state index contributed by atoms with van der Waals surface area (Å²) in [6.07, 6.45) is 1.17. The van der Waals surface area contributed by atoms with Gasteiger partial charge in [0, 0.05) is 24.4 Å². The van der Waals surface area contributed by atoms with E-state index in [0.29, 0.717) is 29.4 Å². The second-order valence-electron chi connectivity index (χ2n) is 5.51. The van der Waals surface area contributed by atoms with Crippen LogP contribution in [0.2, 0.25) is 5.02 Å². The quantitative estimate of drug-likeness (QED) is 0.742. The highest BCUT2D eigenvalue weighted by Crippen LogP contribution is 2.11. The van der Waals surface area contributed by atoms with Crippen molar-refractivity contribution >= 4 is 34.7 Å². The van der Waals surface area contributed by atoms with Gasteiger partial charge in [-0.05, 0) is 30.2 Å². The average molecular weight is 361 g/mol. The van der Waals surface area contributed by atoms with Crippen molar-refractivity contribution in [3.05, 3.63) is 70.7 Å². The van der Waals surface area contributed by atoms with Crippen molar-refractivity contribution in [2.24, 2.45) is 0 Å². The van der Waals surface area contributed by atoms with Crippen LogP contribution >= 0.6 is 23.8 Å². The minimum atomic E-state index is -0.382. The van der Waals surface area contributed by atoms with Crippen LogP contribution in [0.4, 0.5) is 0 Å².